The molecule has 0 bridgehead atoms. The lowest BCUT2D eigenvalue weighted by Gasteiger charge is -2.23. The van der Waals surface area contributed by atoms with E-state index in [2.05, 4.69) is 130 Å². The van der Waals surface area contributed by atoms with Gasteiger partial charge in [-0.1, -0.05) is 91.0 Å². The number of hydrogen-bond donors (Lipinski definition) is 0. The summed E-state index contributed by atoms with van der Waals surface area (Å²) < 4.78 is 0.814. The quantitative estimate of drug-likeness (QED) is 0.341. The number of hydrogen-bond acceptors (Lipinski definition) is 0. The van der Waals surface area contributed by atoms with E-state index in [4.69, 9.17) is 0 Å². The molecule has 0 aliphatic heterocycles. The Morgan fingerprint density at radius 3 is 1.79 bits per heavy atom. The van der Waals surface area contributed by atoms with Gasteiger partial charge in [0.15, 0.2) is 0 Å². The van der Waals surface area contributed by atoms with Gasteiger partial charge in [0.2, 0.25) is 0 Å². The third-order valence-electron chi connectivity index (χ3n) is 4.61. The molecule has 0 radical (unpaired) electrons. The monoisotopic (exact) mass is 366 g/mol. The maximum atomic E-state index is 2.21. The van der Waals surface area contributed by atoms with Crippen molar-refractivity contribution in [2.24, 2.45) is 0 Å². The lowest BCUT2D eigenvalue weighted by molar-refractivity contribution is 0.486. The van der Waals surface area contributed by atoms with Crippen molar-refractivity contribution in [2.45, 2.75) is 0 Å². The molecule has 0 aromatic heterocycles. The van der Waals surface area contributed by atoms with E-state index in [0.29, 0.717) is 0 Å². The van der Waals surface area contributed by atoms with Crippen molar-refractivity contribution in [3.8, 4) is 0 Å². The smallest absolute Gasteiger partial charge is 0.132 e. The van der Waals surface area contributed by atoms with Crippen molar-refractivity contribution in [2.75, 3.05) is 21.1 Å². The third-order valence-corrected chi connectivity index (χ3v) is 4.61. The van der Waals surface area contributed by atoms with Gasteiger partial charge in [-0.15, -0.1) is 0 Å². The predicted molar refractivity (Wildman–Crippen MR) is 124 cm³/mol. The highest BCUT2D eigenvalue weighted by atomic mass is 15.3. The molecule has 0 unspecified atom stereocenters. The first-order valence-corrected chi connectivity index (χ1v) is 9.62. The first kappa shape index (κ1) is 19.6. The summed E-state index contributed by atoms with van der Waals surface area (Å²) in [4.78, 5) is 0. The van der Waals surface area contributed by atoms with Crippen molar-refractivity contribution in [3.63, 3.8) is 0 Å². The summed E-state index contributed by atoms with van der Waals surface area (Å²) in [5, 5.41) is 0. The second-order valence-corrected chi connectivity index (χ2v) is 7.66. The highest BCUT2D eigenvalue weighted by molar-refractivity contribution is 5.81. The van der Waals surface area contributed by atoms with Crippen LogP contribution in [0.3, 0.4) is 0 Å². The molecule has 1 heteroatoms. The Bertz CT molecular complexity index is 954. The van der Waals surface area contributed by atoms with E-state index in [0.717, 1.165) is 4.48 Å². The maximum Gasteiger partial charge on any atom is 0.132 e. The first-order chi connectivity index (χ1) is 13.5. The predicted octanol–water partition coefficient (Wildman–Crippen LogP) is 6.58. The summed E-state index contributed by atoms with van der Waals surface area (Å²) in [7, 11) is 6.56. The van der Waals surface area contributed by atoms with Gasteiger partial charge < -0.3 is 0 Å². The van der Waals surface area contributed by atoms with E-state index in [1.165, 1.54) is 28.0 Å². The normalized spacial score (nSPS) is 12.8. The summed E-state index contributed by atoms with van der Waals surface area (Å²) in [5.74, 6) is 0. The average Bonchev–Trinajstić information content (AvgIpc) is 2.72. The number of benzene rings is 3. The second kappa shape index (κ2) is 9.16. The van der Waals surface area contributed by atoms with Gasteiger partial charge in [0, 0.05) is 0 Å². The molecular weight excluding hydrogens is 338 g/mol. The zero-order valence-corrected chi connectivity index (χ0v) is 16.9. The number of quaternary nitrogens is 1. The summed E-state index contributed by atoms with van der Waals surface area (Å²) in [5.41, 5.74) is 6.16. The largest absolute Gasteiger partial charge is 0.298 e. The summed E-state index contributed by atoms with van der Waals surface area (Å²) in [6.07, 6.45) is 10.6. The van der Waals surface area contributed by atoms with Crippen LogP contribution in [0.25, 0.3) is 11.6 Å². The number of rotatable bonds is 6. The van der Waals surface area contributed by atoms with Gasteiger partial charge in [-0.2, -0.15) is 0 Å². The van der Waals surface area contributed by atoms with E-state index in [1.807, 2.05) is 6.07 Å². The van der Waals surface area contributed by atoms with Crippen LogP contribution in [0, 0.1) is 0 Å². The molecule has 3 aromatic rings. The van der Waals surface area contributed by atoms with Gasteiger partial charge in [0.05, 0.1) is 21.1 Å². The Balaban J connectivity index is 1.86. The van der Waals surface area contributed by atoms with Crippen molar-refractivity contribution in [3.05, 3.63) is 126 Å². The van der Waals surface area contributed by atoms with Crippen LogP contribution in [0.15, 0.2) is 109 Å². The molecule has 0 N–H and O–H groups in total. The van der Waals surface area contributed by atoms with E-state index in [1.54, 1.807) is 0 Å². The van der Waals surface area contributed by atoms with Crippen LogP contribution >= 0.6 is 0 Å². The molecule has 28 heavy (non-hydrogen) atoms. The van der Waals surface area contributed by atoms with Crippen LogP contribution in [-0.2, 0) is 0 Å². The minimum Gasteiger partial charge on any atom is -0.298 e. The third kappa shape index (κ3) is 5.42. The van der Waals surface area contributed by atoms with Crippen LogP contribution in [0.5, 0.6) is 0 Å². The zero-order valence-electron chi connectivity index (χ0n) is 16.9. The maximum absolute atomic E-state index is 2.21. The Labute approximate surface area is 169 Å². The van der Waals surface area contributed by atoms with Gasteiger partial charge in [0.25, 0.3) is 0 Å². The van der Waals surface area contributed by atoms with E-state index in [9.17, 15) is 0 Å². The highest BCUT2D eigenvalue weighted by Gasteiger charge is 2.12. The Morgan fingerprint density at radius 1 is 0.607 bits per heavy atom. The second-order valence-electron chi connectivity index (χ2n) is 7.66. The first-order valence-electron chi connectivity index (χ1n) is 9.62. The highest BCUT2D eigenvalue weighted by Crippen LogP contribution is 2.26. The zero-order chi connectivity index (χ0) is 19.8. The molecule has 0 saturated carbocycles. The molecular formula is C27H28N+. The lowest BCUT2D eigenvalue weighted by atomic mass is 9.97. The van der Waals surface area contributed by atoms with Gasteiger partial charge >= 0.3 is 0 Å². The molecule has 0 atom stereocenters. The van der Waals surface area contributed by atoms with Gasteiger partial charge in [-0.05, 0) is 46.5 Å². The van der Waals surface area contributed by atoms with E-state index >= 15 is 0 Å². The fourth-order valence-corrected chi connectivity index (χ4v) is 3.01. The molecule has 0 aliphatic rings. The van der Waals surface area contributed by atoms with E-state index < -0.39 is 0 Å². The van der Waals surface area contributed by atoms with Crippen LogP contribution < -0.4 is 4.48 Å². The fourth-order valence-electron chi connectivity index (χ4n) is 3.01. The Morgan fingerprint density at radius 2 is 1.18 bits per heavy atom. The van der Waals surface area contributed by atoms with Crippen molar-refractivity contribution >= 4 is 17.3 Å². The Kier molecular flexibility index (Phi) is 6.41. The molecule has 0 saturated heterocycles. The molecule has 0 spiro atoms. The van der Waals surface area contributed by atoms with Crippen LogP contribution in [-0.4, -0.2) is 21.1 Å². The molecule has 0 heterocycles. The number of nitrogens with zero attached hydrogens (tertiary/aromatic N) is 1. The van der Waals surface area contributed by atoms with Crippen LogP contribution in [0.1, 0.15) is 16.7 Å². The SMILES string of the molecule is C[N+](C)(C)c1ccc(/C(=C/C=C/C=C/c2ccccc2)c2ccccc2)cc1. The standard InChI is InChI=1S/C27H28N/c1-28(2,3)26-21-19-25(20-22-26)27(24-16-10-6-11-17-24)18-12-5-9-15-23-13-7-4-8-14-23/h4-22H,1-3H3/q+1/b12-5+,15-9+,27-18+. The van der Waals surface area contributed by atoms with Gasteiger partial charge in [-0.3, -0.25) is 4.48 Å². The topological polar surface area (TPSA) is 0 Å². The minimum atomic E-state index is 0.814. The van der Waals surface area contributed by atoms with Crippen molar-refractivity contribution < 1.29 is 0 Å². The van der Waals surface area contributed by atoms with Crippen molar-refractivity contribution in [1.29, 1.82) is 0 Å². The van der Waals surface area contributed by atoms with Crippen LogP contribution in [0.2, 0.25) is 0 Å². The van der Waals surface area contributed by atoms with E-state index in [-0.39, 0.29) is 0 Å². The molecule has 0 fully saturated rings. The minimum absolute atomic E-state index is 0.814. The van der Waals surface area contributed by atoms with Crippen molar-refractivity contribution in [1.82, 2.24) is 4.48 Å². The molecule has 3 aromatic carbocycles. The lowest BCUT2D eigenvalue weighted by Crippen LogP contribution is -2.34. The molecule has 140 valence electrons. The summed E-state index contributed by atoms with van der Waals surface area (Å²) in [6, 6.07) is 29.7. The van der Waals surface area contributed by atoms with Gasteiger partial charge in [-0.25, -0.2) is 0 Å². The molecule has 3 rings (SSSR count). The summed E-state index contributed by atoms with van der Waals surface area (Å²) >= 11 is 0. The van der Waals surface area contributed by atoms with Crippen LogP contribution in [0.4, 0.5) is 5.69 Å². The fraction of sp³-hybridized carbons (Fsp3) is 0.111. The van der Waals surface area contributed by atoms with Gasteiger partial charge in [0.1, 0.15) is 5.69 Å². The average molecular weight is 367 g/mol. The molecule has 0 aliphatic carbocycles. The molecule has 0 amide bonds. The Hall–Kier alpha value is -3.16. The number of allylic oxidation sites excluding steroid dienone is 4. The summed E-state index contributed by atoms with van der Waals surface area (Å²) in [6.45, 7) is 0. The molecule has 1 nitrogen and oxygen atoms in total.